The van der Waals surface area contributed by atoms with Crippen LogP contribution in [0.25, 0.3) is 0 Å². The van der Waals surface area contributed by atoms with E-state index in [0.717, 1.165) is 6.42 Å². The summed E-state index contributed by atoms with van der Waals surface area (Å²) in [6.07, 6.45) is 0.149. The number of aryl methyl sites for hydroxylation is 1. The molecule has 2 rings (SSSR count). The molecule has 0 saturated carbocycles. The van der Waals surface area contributed by atoms with Crippen molar-refractivity contribution in [1.29, 1.82) is 0 Å². The summed E-state index contributed by atoms with van der Waals surface area (Å²) in [5.41, 5.74) is 2.38. The monoisotopic (exact) mass is 301 g/mol. The topological polar surface area (TPSA) is 72.7 Å². The lowest BCUT2D eigenvalue weighted by atomic mass is 10.0. The summed E-state index contributed by atoms with van der Waals surface area (Å²) < 4.78 is 0. The molecule has 2 atom stereocenters. The maximum atomic E-state index is 10.2. The molecule has 0 heterocycles. The van der Waals surface area contributed by atoms with Crippen LogP contribution in [0.4, 0.5) is 0 Å². The van der Waals surface area contributed by atoms with Gasteiger partial charge in [0.15, 0.2) is 11.5 Å². The molecule has 0 aliphatic heterocycles. The van der Waals surface area contributed by atoms with Crippen molar-refractivity contribution in [2.75, 3.05) is 6.54 Å². The Hall–Kier alpha value is -2.04. The van der Waals surface area contributed by atoms with Crippen LogP contribution < -0.4 is 5.32 Å². The number of hydrogen-bond donors (Lipinski definition) is 4. The summed E-state index contributed by atoms with van der Waals surface area (Å²) >= 11 is 0. The SMILES string of the molecule is Cc1cc([C@@H](O)CNC(C)Cc2ccccc2)cc(O)c1O. The van der Waals surface area contributed by atoms with Crippen LogP contribution >= 0.6 is 0 Å². The Labute approximate surface area is 131 Å². The molecule has 0 aliphatic rings. The molecule has 2 aromatic rings. The van der Waals surface area contributed by atoms with Crippen molar-refractivity contribution in [3.63, 3.8) is 0 Å². The van der Waals surface area contributed by atoms with Crippen molar-refractivity contribution >= 4 is 0 Å². The third-order valence-electron chi connectivity index (χ3n) is 3.73. The molecule has 4 nitrogen and oxygen atoms in total. The number of aliphatic hydroxyl groups is 1. The molecule has 4 heteroatoms. The van der Waals surface area contributed by atoms with E-state index in [1.165, 1.54) is 11.6 Å². The predicted molar refractivity (Wildman–Crippen MR) is 87.1 cm³/mol. The normalized spacial score (nSPS) is 13.8. The van der Waals surface area contributed by atoms with Gasteiger partial charge in [-0.1, -0.05) is 30.3 Å². The molecule has 0 fully saturated rings. The average Bonchev–Trinajstić information content (AvgIpc) is 2.50. The Bertz CT molecular complexity index is 590. The second-order valence-corrected chi connectivity index (χ2v) is 5.72. The van der Waals surface area contributed by atoms with Gasteiger partial charge >= 0.3 is 0 Å². The fraction of sp³-hybridized carbons (Fsp3) is 0.333. The van der Waals surface area contributed by atoms with E-state index in [0.29, 0.717) is 17.7 Å². The van der Waals surface area contributed by atoms with E-state index in [1.807, 2.05) is 18.2 Å². The van der Waals surface area contributed by atoms with Gasteiger partial charge in [-0.2, -0.15) is 0 Å². The summed E-state index contributed by atoms with van der Waals surface area (Å²) in [5, 5.41) is 32.7. The Morgan fingerprint density at radius 2 is 1.77 bits per heavy atom. The molecule has 0 spiro atoms. The highest BCUT2D eigenvalue weighted by Gasteiger charge is 2.13. The molecular weight excluding hydrogens is 278 g/mol. The van der Waals surface area contributed by atoms with Crippen LogP contribution in [-0.4, -0.2) is 27.9 Å². The molecule has 0 bridgehead atoms. The van der Waals surface area contributed by atoms with Gasteiger partial charge in [-0.05, 0) is 49.1 Å². The number of benzene rings is 2. The fourth-order valence-corrected chi connectivity index (χ4v) is 2.45. The van der Waals surface area contributed by atoms with Crippen molar-refractivity contribution < 1.29 is 15.3 Å². The van der Waals surface area contributed by atoms with E-state index in [1.54, 1.807) is 13.0 Å². The Morgan fingerprint density at radius 3 is 2.41 bits per heavy atom. The van der Waals surface area contributed by atoms with Crippen LogP contribution in [0.5, 0.6) is 11.5 Å². The number of rotatable bonds is 6. The molecule has 0 aromatic heterocycles. The number of nitrogens with one attached hydrogen (secondary N) is 1. The van der Waals surface area contributed by atoms with Gasteiger partial charge in [0.05, 0.1) is 6.10 Å². The van der Waals surface area contributed by atoms with Gasteiger partial charge in [-0.25, -0.2) is 0 Å². The van der Waals surface area contributed by atoms with Gasteiger partial charge in [0.2, 0.25) is 0 Å². The van der Waals surface area contributed by atoms with E-state index < -0.39 is 6.10 Å². The first-order chi connectivity index (χ1) is 10.5. The smallest absolute Gasteiger partial charge is 0.160 e. The number of hydrogen-bond acceptors (Lipinski definition) is 4. The van der Waals surface area contributed by atoms with Crippen molar-refractivity contribution in [2.24, 2.45) is 0 Å². The van der Waals surface area contributed by atoms with E-state index in [4.69, 9.17) is 0 Å². The molecule has 0 saturated heterocycles. The molecular formula is C18H23NO3. The quantitative estimate of drug-likeness (QED) is 0.619. The Morgan fingerprint density at radius 1 is 1.09 bits per heavy atom. The maximum Gasteiger partial charge on any atom is 0.160 e. The van der Waals surface area contributed by atoms with Crippen LogP contribution in [-0.2, 0) is 6.42 Å². The summed E-state index contributed by atoms with van der Waals surface area (Å²) in [4.78, 5) is 0. The number of phenolic OH excluding ortho intramolecular Hbond substituents is 2. The molecule has 4 N–H and O–H groups in total. The van der Waals surface area contributed by atoms with Crippen LogP contribution in [0.1, 0.15) is 29.7 Å². The summed E-state index contributed by atoms with van der Waals surface area (Å²) in [6, 6.07) is 13.5. The highest BCUT2D eigenvalue weighted by Crippen LogP contribution is 2.31. The Kier molecular flexibility index (Phi) is 5.41. The highest BCUT2D eigenvalue weighted by molar-refractivity contribution is 5.47. The van der Waals surface area contributed by atoms with Crippen LogP contribution in [0.2, 0.25) is 0 Å². The lowest BCUT2D eigenvalue weighted by molar-refractivity contribution is 0.170. The van der Waals surface area contributed by atoms with E-state index in [2.05, 4.69) is 24.4 Å². The average molecular weight is 301 g/mol. The largest absolute Gasteiger partial charge is 0.504 e. The zero-order valence-electron chi connectivity index (χ0n) is 13.0. The van der Waals surface area contributed by atoms with Gasteiger partial charge in [-0.15, -0.1) is 0 Å². The van der Waals surface area contributed by atoms with E-state index in [-0.39, 0.29) is 17.5 Å². The minimum Gasteiger partial charge on any atom is -0.504 e. The van der Waals surface area contributed by atoms with Crippen molar-refractivity contribution in [1.82, 2.24) is 5.32 Å². The first-order valence-corrected chi connectivity index (χ1v) is 7.45. The van der Waals surface area contributed by atoms with E-state index >= 15 is 0 Å². The maximum absolute atomic E-state index is 10.2. The highest BCUT2D eigenvalue weighted by atomic mass is 16.3. The van der Waals surface area contributed by atoms with E-state index in [9.17, 15) is 15.3 Å². The minimum atomic E-state index is -0.733. The molecule has 0 aliphatic carbocycles. The molecule has 22 heavy (non-hydrogen) atoms. The summed E-state index contributed by atoms with van der Waals surface area (Å²) in [7, 11) is 0. The number of phenols is 2. The molecule has 0 amide bonds. The van der Waals surface area contributed by atoms with Gasteiger partial charge in [0, 0.05) is 12.6 Å². The third-order valence-corrected chi connectivity index (χ3v) is 3.73. The van der Waals surface area contributed by atoms with Gasteiger partial charge in [-0.3, -0.25) is 0 Å². The van der Waals surface area contributed by atoms with Crippen molar-refractivity contribution in [3.05, 3.63) is 59.2 Å². The van der Waals surface area contributed by atoms with Gasteiger partial charge < -0.3 is 20.6 Å². The lowest BCUT2D eigenvalue weighted by Crippen LogP contribution is -2.32. The molecule has 1 unspecified atom stereocenters. The lowest BCUT2D eigenvalue weighted by Gasteiger charge is -2.18. The minimum absolute atomic E-state index is 0.138. The van der Waals surface area contributed by atoms with Crippen LogP contribution in [0, 0.1) is 6.92 Å². The zero-order chi connectivity index (χ0) is 16.1. The van der Waals surface area contributed by atoms with Crippen LogP contribution in [0.15, 0.2) is 42.5 Å². The second kappa shape index (κ2) is 7.29. The van der Waals surface area contributed by atoms with Gasteiger partial charge in [0.1, 0.15) is 0 Å². The Balaban J connectivity index is 1.91. The van der Waals surface area contributed by atoms with Crippen molar-refractivity contribution in [3.8, 4) is 11.5 Å². The second-order valence-electron chi connectivity index (χ2n) is 5.72. The zero-order valence-corrected chi connectivity index (χ0v) is 13.0. The number of aliphatic hydroxyl groups excluding tert-OH is 1. The fourth-order valence-electron chi connectivity index (χ4n) is 2.45. The third kappa shape index (κ3) is 4.23. The van der Waals surface area contributed by atoms with Crippen LogP contribution in [0.3, 0.4) is 0 Å². The summed E-state index contributed by atoms with van der Waals surface area (Å²) in [6.45, 7) is 4.15. The summed E-state index contributed by atoms with van der Waals surface area (Å²) in [5.74, 6) is -0.340. The molecule has 0 radical (unpaired) electrons. The molecule has 118 valence electrons. The van der Waals surface area contributed by atoms with Crippen molar-refractivity contribution in [2.45, 2.75) is 32.4 Å². The predicted octanol–water partition coefficient (Wildman–Crippen LogP) is 2.66. The first kappa shape index (κ1) is 16.3. The van der Waals surface area contributed by atoms with Gasteiger partial charge in [0.25, 0.3) is 0 Å². The molecule has 2 aromatic carbocycles. The standard InChI is InChI=1S/C18H23NO3/c1-12-8-15(10-16(20)18(12)22)17(21)11-19-13(2)9-14-6-4-3-5-7-14/h3-8,10,13,17,19-22H,9,11H2,1-2H3/t13?,17-/m0/s1. The first-order valence-electron chi connectivity index (χ1n) is 7.45. The number of aromatic hydroxyl groups is 2.